The Morgan fingerprint density at radius 1 is 0.829 bits per heavy atom. The van der Waals surface area contributed by atoms with Crippen LogP contribution in [-0.2, 0) is 21.1 Å². The van der Waals surface area contributed by atoms with Gasteiger partial charge >= 0.3 is 0 Å². The zero-order chi connectivity index (χ0) is 27.1. The fraction of sp³-hybridized carbons (Fsp3) is 0.0294. The zero-order valence-electron chi connectivity index (χ0n) is 21.9. The van der Waals surface area contributed by atoms with Crippen molar-refractivity contribution in [2.24, 2.45) is 0 Å². The smallest absolute Gasteiger partial charge is 0.135 e. The number of rotatable bonds is 5. The Bertz CT molecular complexity index is 1940. The molecule has 0 spiro atoms. The van der Waals surface area contributed by atoms with Crippen LogP contribution in [-0.4, -0.2) is 21.5 Å². The van der Waals surface area contributed by atoms with Crippen LogP contribution in [0.2, 0.25) is 0 Å². The summed E-state index contributed by atoms with van der Waals surface area (Å²) < 4.78 is 8.38. The molecule has 6 nitrogen and oxygen atoms in total. The third-order valence-electron chi connectivity index (χ3n) is 6.85. The van der Waals surface area contributed by atoms with Crippen molar-refractivity contribution in [3.63, 3.8) is 0 Å². The summed E-state index contributed by atoms with van der Waals surface area (Å²) in [6.07, 6.45) is 5.63. The quantitative estimate of drug-likeness (QED) is 0.170. The number of aromatic nitrogens is 2. The maximum absolute atomic E-state index is 7.58. The summed E-state index contributed by atoms with van der Waals surface area (Å²) in [4.78, 5) is 12.1. The van der Waals surface area contributed by atoms with Crippen LogP contribution in [0.3, 0.4) is 0 Å². The maximum Gasteiger partial charge on any atom is 0.135 e. The molecule has 0 unspecified atom stereocenters. The average molecular weight is 712 g/mol. The van der Waals surface area contributed by atoms with Gasteiger partial charge in [-0.2, -0.15) is 12.7 Å². The van der Waals surface area contributed by atoms with Crippen molar-refractivity contribution in [1.29, 1.82) is 0 Å². The average Bonchev–Trinajstić information content (AvgIpc) is 3.58. The molecular weight excluding hydrogens is 689 g/mol. The molecule has 0 saturated heterocycles. The number of hydrogen-bond acceptors (Lipinski definition) is 4. The van der Waals surface area contributed by atoms with E-state index in [9.17, 15) is 0 Å². The number of hydrogen-bond donors (Lipinski definition) is 0. The Labute approximate surface area is 252 Å². The van der Waals surface area contributed by atoms with E-state index in [2.05, 4.69) is 75.1 Å². The summed E-state index contributed by atoms with van der Waals surface area (Å²) in [5, 5.41) is 2.15. The molecule has 4 aromatic carbocycles. The van der Waals surface area contributed by atoms with Crippen LogP contribution in [0.25, 0.3) is 43.6 Å². The van der Waals surface area contributed by atoms with Crippen molar-refractivity contribution in [1.82, 2.24) is 14.5 Å². The van der Waals surface area contributed by atoms with Crippen molar-refractivity contribution in [3.8, 4) is 28.4 Å². The van der Waals surface area contributed by atoms with E-state index >= 15 is 0 Å². The minimum absolute atomic E-state index is 0. The molecule has 0 saturated carbocycles. The summed E-state index contributed by atoms with van der Waals surface area (Å²) in [5.41, 5.74) is 5.39. The molecule has 41 heavy (non-hydrogen) atoms. The molecule has 0 amide bonds. The second-order valence-electron chi connectivity index (χ2n) is 9.49. The molecule has 1 aliphatic heterocycles. The Hall–Kier alpha value is -4.85. The summed E-state index contributed by atoms with van der Waals surface area (Å²) in [7, 11) is 1.94. The minimum atomic E-state index is 0. The van der Waals surface area contributed by atoms with E-state index in [1.807, 2.05) is 66.2 Å². The predicted molar refractivity (Wildman–Crippen MR) is 158 cm³/mol. The normalized spacial score (nSPS) is 12.5. The zero-order valence-corrected chi connectivity index (χ0v) is 24.2. The van der Waals surface area contributed by atoms with Gasteiger partial charge in [0, 0.05) is 44.3 Å². The van der Waals surface area contributed by atoms with Crippen molar-refractivity contribution >= 4 is 33.2 Å². The van der Waals surface area contributed by atoms with Crippen LogP contribution in [0.5, 0.6) is 11.5 Å². The Morgan fingerprint density at radius 2 is 1.68 bits per heavy atom. The molecule has 2 aromatic heterocycles. The summed E-state index contributed by atoms with van der Waals surface area (Å²) >= 11 is 0. The first-order chi connectivity index (χ1) is 19.7. The van der Waals surface area contributed by atoms with Gasteiger partial charge < -0.3 is 19.1 Å². The van der Waals surface area contributed by atoms with E-state index in [4.69, 9.17) is 11.3 Å². The second kappa shape index (κ2) is 11.0. The van der Waals surface area contributed by atoms with Crippen LogP contribution in [0.1, 0.15) is 0 Å². The van der Waals surface area contributed by atoms with Gasteiger partial charge in [0.25, 0.3) is 0 Å². The van der Waals surface area contributed by atoms with Crippen molar-refractivity contribution < 1.29 is 25.8 Å². The number of pyridine rings is 1. The molecule has 202 valence electrons. The standard InChI is InChI=1S/C34H22N5O.Pt/c1-35-26-19-27(38-17-16-37(2)23-38)21-29(20-26)40-28-12-13-30-31-18-25(24-8-4-3-5-9-24)11-14-32(31)39(33(30)22-28)34-10-6-7-15-36-34;/h3-20,23H,2H3;/q-3;. The maximum atomic E-state index is 7.58. The van der Waals surface area contributed by atoms with Crippen molar-refractivity contribution in [2.75, 3.05) is 11.9 Å². The summed E-state index contributed by atoms with van der Waals surface area (Å²) in [6, 6.07) is 37.0. The molecular formula is C34H22N5OPt-3. The predicted octanol–water partition coefficient (Wildman–Crippen LogP) is 8.13. The number of ether oxygens (including phenoxy) is 1. The van der Waals surface area contributed by atoms with Crippen LogP contribution in [0, 0.1) is 25.4 Å². The van der Waals surface area contributed by atoms with Crippen LogP contribution >= 0.6 is 0 Å². The van der Waals surface area contributed by atoms with Gasteiger partial charge in [-0.25, -0.2) is 4.98 Å². The topological polar surface area (TPSA) is 37.9 Å². The Morgan fingerprint density at radius 3 is 2.44 bits per heavy atom. The Balaban J connectivity index is 0.00000302. The first-order valence-corrected chi connectivity index (χ1v) is 12.8. The first-order valence-electron chi connectivity index (χ1n) is 12.8. The molecule has 6 aromatic rings. The Kier molecular flexibility index (Phi) is 7.05. The van der Waals surface area contributed by atoms with Gasteiger partial charge in [0.05, 0.1) is 12.3 Å². The molecule has 0 radical (unpaired) electrons. The van der Waals surface area contributed by atoms with Crippen LogP contribution in [0.4, 0.5) is 11.4 Å². The van der Waals surface area contributed by atoms with Gasteiger partial charge in [-0.05, 0) is 54.2 Å². The first kappa shape index (κ1) is 26.4. The molecule has 0 fully saturated rings. The van der Waals surface area contributed by atoms with Crippen LogP contribution in [0.15, 0.2) is 110 Å². The fourth-order valence-corrected chi connectivity index (χ4v) is 5.00. The molecule has 7 rings (SSSR count). The molecule has 1 aliphatic rings. The van der Waals surface area contributed by atoms with Gasteiger partial charge in [-0.15, -0.1) is 41.4 Å². The third kappa shape index (κ3) is 4.97. The van der Waals surface area contributed by atoms with E-state index < -0.39 is 0 Å². The van der Waals surface area contributed by atoms with Crippen molar-refractivity contribution in [2.45, 2.75) is 0 Å². The van der Waals surface area contributed by atoms with E-state index in [0.29, 0.717) is 17.2 Å². The molecule has 3 heterocycles. The largest absolute Gasteiger partial charge is 0.510 e. The third-order valence-corrected chi connectivity index (χ3v) is 6.85. The van der Waals surface area contributed by atoms with Crippen molar-refractivity contribution in [3.05, 3.63) is 140 Å². The minimum Gasteiger partial charge on any atom is -0.510 e. The molecule has 7 heteroatoms. The SMILES string of the molecule is [C-]#[N+]c1cc(Oc2[c-]c3c(cc2)c2cc(-c4ccccc4)ccc2n3-c2ccccn2)[c-]c(N2C=CN(C)[CH-]2)c1.[Pt]. The molecule has 0 aliphatic carbocycles. The van der Waals surface area contributed by atoms with Gasteiger partial charge in [-0.1, -0.05) is 54.0 Å². The second-order valence-corrected chi connectivity index (χ2v) is 9.49. The van der Waals surface area contributed by atoms with E-state index in [1.165, 1.54) is 0 Å². The number of anilines is 1. The summed E-state index contributed by atoms with van der Waals surface area (Å²) in [5.74, 6) is 1.77. The molecule has 0 N–H and O–H groups in total. The number of fused-ring (bicyclic) bond motifs is 3. The van der Waals surface area contributed by atoms with Gasteiger partial charge in [-0.3, -0.25) is 4.85 Å². The van der Waals surface area contributed by atoms with E-state index in [1.54, 1.807) is 18.3 Å². The van der Waals surface area contributed by atoms with E-state index in [0.717, 1.165) is 44.4 Å². The van der Waals surface area contributed by atoms with Gasteiger partial charge in [0.15, 0.2) is 0 Å². The summed E-state index contributed by atoms with van der Waals surface area (Å²) in [6.45, 7) is 9.49. The van der Waals surface area contributed by atoms with Gasteiger partial charge in [0.1, 0.15) is 5.82 Å². The number of nitrogens with zero attached hydrogens (tertiary/aromatic N) is 5. The fourth-order valence-electron chi connectivity index (χ4n) is 5.00. The monoisotopic (exact) mass is 711 g/mol. The van der Waals surface area contributed by atoms with Crippen LogP contribution < -0.4 is 9.64 Å². The molecule has 0 bridgehead atoms. The van der Waals surface area contributed by atoms with Gasteiger partial charge in [0.2, 0.25) is 0 Å². The number of benzene rings is 4. The molecule has 0 atom stereocenters. The van der Waals surface area contributed by atoms with E-state index in [-0.39, 0.29) is 21.1 Å².